The molecule has 4 heteroatoms. The normalized spacial score (nSPS) is 14.8. The van der Waals surface area contributed by atoms with Crippen molar-refractivity contribution in [2.24, 2.45) is 5.73 Å². The van der Waals surface area contributed by atoms with Gasteiger partial charge in [0.25, 0.3) is 0 Å². The molecule has 0 aliphatic rings. The van der Waals surface area contributed by atoms with Crippen molar-refractivity contribution in [3.63, 3.8) is 0 Å². The Kier molecular flexibility index (Phi) is 5.38. The summed E-state index contributed by atoms with van der Waals surface area (Å²) >= 11 is 3.31. The number of halogens is 2. The van der Waals surface area contributed by atoms with Crippen molar-refractivity contribution >= 4 is 15.9 Å². The standard InChI is InChI=1S/C12H17BrFNO/c1-3-4-11(16-2)12(15)9-7-8(13)5-6-10(9)14/h5-7,11-12H,3-4,15H2,1-2H3. The van der Waals surface area contributed by atoms with Gasteiger partial charge in [-0.1, -0.05) is 29.3 Å². The highest BCUT2D eigenvalue weighted by molar-refractivity contribution is 9.10. The highest BCUT2D eigenvalue weighted by Gasteiger charge is 2.21. The second kappa shape index (κ2) is 6.33. The van der Waals surface area contributed by atoms with Crippen LogP contribution < -0.4 is 5.73 Å². The van der Waals surface area contributed by atoms with Crippen LogP contribution in [-0.2, 0) is 4.74 Å². The monoisotopic (exact) mass is 289 g/mol. The predicted octanol–water partition coefficient (Wildman–Crippen LogP) is 3.40. The van der Waals surface area contributed by atoms with E-state index in [2.05, 4.69) is 22.9 Å². The lowest BCUT2D eigenvalue weighted by Crippen LogP contribution is -2.28. The molecule has 0 radical (unpaired) electrons. The largest absolute Gasteiger partial charge is 0.379 e. The molecule has 0 bridgehead atoms. The van der Waals surface area contributed by atoms with E-state index in [-0.39, 0.29) is 11.9 Å². The van der Waals surface area contributed by atoms with Gasteiger partial charge >= 0.3 is 0 Å². The maximum atomic E-state index is 13.6. The van der Waals surface area contributed by atoms with E-state index in [0.29, 0.717) is 5.56 Å². The van der Waals surface area contributed by atoms with E-state index >= 15 is 0 Å². The molecule has 90 valence electrons. The Bertz CT molecular complexity index is 346. The van der Waals surface area contributed by atoms with Gasteiger partial charge in [0.05, 0.1) is 12.1 Å². The minimum Gasteiger partial charge on any atom is -0.379 e. The van der Waals surface area contributed by atoms with Crippen LogP contribution in [0.4, 0.5) is 4.39 Å². The summed E-state index contributed by atoms with van der Waals surface area (Å²) in [4.78, 5) is 0. The fourth-order valence-electron chi connectivity index (χ4n) is 1.70. The summed E-state index contributed by atoms with van der Waals surface area (Å²) in [5.74, 6) is -0.283. The molecule has 0 spiro atoms. The first-order chi connectivity index (χ1) is 7.60. The van der Waals surface area contributed by atoms with Crippen LogP contribution in [0.3, 0.4) is 0 Å². The molecule has 2 N–H and O–H groups in total. The molecule has 0 saturated heterocycles. The summed E-state index contributed by atoms with van der Waals surface area (Å²) in [5, 5.41) is 0. The average Bonchev–Trinajstić information content (AvgIpc) is 2.28. The Labute approximate surface area is 104 Å². The van der Waals surface area contributed by atoms with Crippen molar-refractivity contribution in [1.82, 2.24) is 0 Å². The first-order valence-corrected chi connectivity index (χ1v) is 6.12. The van der Waals surface area contributed by atoms with Gasteiger partial charge in [0.1, 0.15) is 5.82 Å². The van der Waals surface area contributed by atoms with Crippen LogP contribution in [0.25, 0.3) is 0 Å². The molecular weight excluding hydrogens is 273 g/mol. The van der Waals surface area contributed by atoms with E-state index in [1.165, 1.54) is 6.07 Å². The molecule has 16 heavy (non-hydrogen) atoms. The molecule has 0 fully saturated rings. The molecule has 0 aliphatic carbocycles. The first-order valence-electron chi connectivity index (χ1n) is 5.33. The highest BCUT2D eigenvalue weighted by atomic mass is 79.9. The fourth-order valence-corrected chi connectivity index (χ4v) is 2.08. The zero-order valence-corrected chi connectivity index (χ0v) is 11.1. The van der Waals surface area contributed by atoms with Gasteiger partial charge in [-0.05, 0) is 24.6 Å². The SMILES string of the molecule is CCCC(OC)C(N)c1cc(Br)ccc1F. The molecule has 1 rings (SSSR count). The number of hydrogen-bond donors (Lipinski definition) is 1. The number of rotatable bonds is 5. The zero-order valence-electron chi connectivity index (χ0n) is 9.54. The average molecular weight is 290 g/mol. The van der Waals surface area contributed by atoms with E-state index in [4.69, 9.17) is 10.5 Å². The van der Waals surface area contributed by atoms with Gasteiger partial charge in [0.15, 0.2) is 0 Å². The minimum atomic E-state index is -0.428. The lowest BCUT2D eigenvalue weighted by molar-refractivity contribution is 0.0715. The highest BCUT2D eigenvalue weighted by Crippen LogP contribution is 2.25. The number of nitrogens with two attached hydrogens (primary N) is 1. The lowest BCUT2D eigenvalue weighted by atomic mass is 9.98. The van der Waals surface area contributed by atoms with Crippen molar-refractivity contribution in [2.75, 3.05) is 7.11 Å². The van der Waals surface area contributed by atoms with Gasteiger partial charge in [0, 0.05) is 17.1 Å². The van der Waals surface area contributed by atoms with Crippen molar-refractivity contribution in [3.05, 3.63) is 34.1 Å². The van der Waals surface area contributed by atoms with E-state index in [1.54, 1.807) is 19.2 Å². The molecule has 1 aromatic carbocycles. The topological polar surface area (TPSA) is 35.2 Å². The van der Waals surface area contributed by atoms with Gasteiger partial charge in [-0.3, -0.25) is 0 Å². The van der Waals surface area contributed by atoms with Crippen LogP contribution in [0.1, 0.15) is 31.4 Å². The maximum absolute atomic E-state index is 13.6. The van der Waals surface area contributed by atoms with Crippen LogP contribution in [0.5, 0.6) is 0 Å². The molecule has 2 unspecified atom stereocenters. The van der Waals surface area contributed by atoms with Gasteiger partial charge < -0.3 is 10.5 Å². The third kappa shape index (κ3) is 3.27. The van der Waals surface area contributed by atoms with Crippen LogP contribution in [0.2, 0.25) is 0 Å². The van der Waals surface area contributed by atoms with E-state index < -0.39 is 6.04 Å². The quantitative estimate of drug-likeness (QED) is 0.902. The molecule has 0 amide bonds. The third-order valence-corrected chi connectivity index (χ3v) is 3.09. The van der Waals surface area contributed by atoms with Crippen molar-refractivity contribution in [2.45, 2.75) is 31.9 Å². The van der Waals surface area contributed by atoms with Crippen LogP contribution in [0.15, 0.2) is 22.7 Å². The van der Waals surface area contributed by atoms with Crippen molar-refractivity contribution in [1.29, 1.82) is 0 Å². The van der Waals surface area contributed by atoms with Crippen LogP contribution in [0, 0.1) is 5.82 Å². The summed E-state index contributed by atoms with van der Waals surface area (Å²) in [7, 11) is 1.61. The molecular formula is C12H17BrFNO. The number of ether oxygens (including phenoxy) is 1. The van der Waals surface area contributed by atoms with E-state index in [1.807, 2.05) is 0 Å². The Hall–Kier alpha value is -0.450. The minimum absolute atomic E-state index is 0.145. The van der Waals surface area contributed by atoms with E-state index in [0.717, 1.165) is 17.3 Å². The first kappa shape index (κ1) is 13.6. The molecule has 2 nitrogen and oxygen atoms in total. The van der Waals surface area contributed by atoms with Gasteiger partial charge in [0.2, 0.25) is 0 Å². The predicted molar refractivity (Wildman–Crippen MR) is 66.7 cm³/mol. The third-order valence-electron chi connectivity index (χ3n) is 2.59. The molecule has 2 atom stereocenters. The second-order valence-corrected chi connectivity index (χ2v) is 4.67. The van der Waals surface area contributed by atoms with Crippen molar-refractivity contribution in [3.8, 4) is 0 Å². The van der Waals surface area contributed by atoms with Gasteiger partial charge in [-0.15, -0.1) is 0 Å². The Morgan fingerprint density at radius 2 is 2.19 bits per heavy atom. The summed E-state index contributed by atoms with van der Waals surface area (Å²) in [5.41, 5.74) is 6.51. The Morgan fingerprint density at radius 1 is 1.50 bits per heavy atom. The second-order valence-electron chi connectivity index (χ2n) is 3.75. The summed E-state index contributed by atoms with van der Waals surface area (Å²) < 4.78 is 19.7. The summed E-state index contributed by atoms with van der Waals surface area (Å²) in [6.07, 6.45) is 1.64. The lowest BCUT2D eigenvalue weighted by Gasteiger charge is -2.23. The van der Waals surface area contributed by atoms with Crippen molar-refractivity contribution < 1.29 is 9.13 Å². The Balaban J connectivity index is 2.93. The van der Waals surface area contributed by atoms with Gasteiger partial charge in [-0.2, -0.15) is 0 Å². The fraction of sp³-hybridized carbons (Fsp3) is 0.500. The molecule has 0 heterocycles. The molecule has 0 saturated carbocycles. The Morgan fingerprint density at radius 3 is 2.75 bits per heavy atom. The zero-order chi connectivity index (χ0) is 12.1. The number of methoxy groups -OCH3 is 1. The van der Waals surface area contributed by atoms with Crippen LogP contribution in [-0.4, -0.2) is 13.2 Å². The van der Waals surface area contributed by atoms with E-state index in [9.17, 15) is 4.39 Å². The molecule has 0 aromatic heterocycles. The number of benzene rings is 1. The summed E-state index contributed by atoms with van der Waals surface area (Å²) in [6, 6.07) is 4.36. The number of hydrogen-bond acceptors (Lipinski definition) is 2. The maximum Gasteiger partial charge on any atom is 0.128 e. The van der Waals surface area contributed by atoms with Gasteiger partial charge in [-0.25, -0.2) is 4.39 Å². The smallest absolute Gasteiger partial charge is 0.128 e. The summed E-state index contributed by atoms with van der Waals surface area (Å²) in [6.45, 7) is 2.05. The van der Waals surface area contributed by atoms with Crippen LogP contribution >= 0.6 is 15.9 Å². The molecule has 0 aliphatic heterocycles. The molecule has 1 aromatic rings.